The van der Waals surface area contributed by atoms with E-state index in [9.17, 15) is 9.59 Å². The molecule has 0 saturated carbocycles. The number of anilines is 1. The number of benzene rings is 1. The van der Waals surface area contributed by atoms with E-state index in [0.29, 0.717) is 16.9 Å². The maximum absolute atomic E-state index is 12.2. The van der Waals surface area contributed by atoms with Crippen molar-refractivity contribution in [3.8, 4) is 10.6 Å². The first-order valence-electron chi connectivity index (χ1n) is 7.62. The minimum Gasteiger partial charge on any atom is -0.355 e. The summed E-state index contributed by atoms with van der Waals surface area (Å²) in [6, 6.07) is 10.5. The van der Waals surface area contributed by atoms with E-state index in [1.54, 1.807) is 43.7 Å². The molecule has 2 amide bonds. The molecule has 0 bridgehead atoms. The minimum absolute atomic E-state index is 0.157. The van der Waals surface area contributed by atoms with Gasteiger partial charge in [-0.3, -0.25) is 14.6 Å². The summed E-state index contributed by atoms with van der Waals surface area (Å²) in [5, 5.41) is 8.07. The van der Waals surface area contributed by atoms with Gasteiger partial charge in [-0.2, -0.15) is 0 Å². The Kier molecular flexibility index (Phi) is 5.15. The molecule has 2 heterocycles. The number of pyridine rings is 1. The van der Waals surface area contributed by atoms with Gasteiger partial charge in [-0.15, -0.1) is 11.3 Å². The molecule has 0 saturated heterocycles. The number of hydrogen-bond donors (Lipinski definition) is 2. The van der Waals surface area contributed by atoms with Gasteiger partial charge in [0.25, 0.3) is 5.91 Å². The number of thiazole rings is 1. The molecule has 0 aliphatic heterocycles. The zero-order chi connectivity index (χ0) is 17.6. The number of hydrogen-bond acceptors (Lipinski definition) is 5. The Morgan fingerprint density at radius 3 is 2.64 bits per heavy atom. The van der Waals surface area contributed by atoms with E-state index in [0.717, 1.165) is 10.6 Å². The molecule has 0 aliphatic rings. The van der Waals surface area contributed by atoms with E-state index in [-0.39, 0.29) is 18.2 Å². The summed E-state index contributed by atoms with van der Waals surface area (Å²) < 4.78 is 0. The fourth-order valence-electron chi connectivity index (χ4n) is 2.23. The van der Waals surface area contributed by atoms with Crippen LogP contribution < -0.4 is 10.6 Å². The number of carbonyl (C=O) groups is 2. The van der Waals surface area contributed by atoms with Crippen molar-refractivity contribution in [3.05, 3.63) is 65.4 Å². The van der Waals surface area contributed by atoms with Gasteiger partial charge in [-0.25, -0.2) is 4.98 Å². The van der Waals surface area contributed by atoms with Crippen LogP contribution in [-0.4, -0.2) is 28.8 Å². The Bertz CT molecular complexity index is 876. The average Bonchev–Trinajstić information content (AvgIpc) is 3.10. The van der Waals surface area contributed by atoms with Crippen LogP contribution in [0.25, 0.3) is 10.6 Å². The monoisotopic (exact) mass is 352 g/mol. The van der Waals surface area contributed by atoms with Crippen molar-refractivity contribution < 1.29 is 9.59 Å². The lowest BCUT2D eigenvalue weighted by molar-refractivity contribution is -0.115. The number of nitrogens with zero attached hydrogens (tertiary/aromatic N) is 2. The number of rotatable bonds is 5. The van der Waals surface area contributed by atoms with Crippen LogP contribution in [0.3, 0.4) is 0 Å². The molecule has 3 rings (SSSR count). The molecule has 0 radical (unpaired) electrons. The molecule has 6 nitrogen and oxygen atoms in total. The van der Waals surface area contributed by atoms with Gasteiger partial charge in [0, 0.05) is 41.6 Å². The Morgan fingerprint density at radius 1 is 1.16 bits per heavy atom. The third-order valence-electron chi connectivity index (χ3n) is 3.46. The predicted octanol–water partition coefficient (Wildman–Crippen LogP) is 2.75. The molecule has 0 aliphatic carbocycles. The van der Waals surface area contributed by atoms with Crippen LogP contribution in [0.2, 0.25) is 0 Å². The second-order valence-electron chi connectivity index (χ2n) is 5.27. The van der Waals surface area contributed by atoms with Crippen LogP contribution >= 0.6 is 11.3 Å². The Morgan fingerprint density at radius 2 is 1.96 bits per heavy atom. The lowest BCUT2D eigenvalue weighted by Crippen LogP contribution is -2.18. The van der Waals surface area contributed by atoms with E-state index in [2.05, 4.69) is 20.6 Å². The topological polar surface area (TPSA) is 84.0 Å². The van der Waals surface area contributed by atoms with Crippen molar-refractivity contribution in [2.45, 2.75) is 6.42 Å². The number of carbonyl (C=O) groups excluding carboxylic acids is 2. The molecule has 2 aromatic heterocycles. The lowest BCUT2D eigenvalue weighted by atomic mass is 10.2. The summed E-state index contributed by atoms with van der Waals surface area (Å²) >= 11 is 1.48. The Hall–Kier alpha value is -3.06. The number of aromatic nitrogens is 2. The first-order chi connectivity index (χ1) is 12.2. The second kappa shape index (κ2) is 7.67. The molecule has 1 aromatic carbocycles. The highest BCUT2D eigenvalue weighted by atomic mass is 32.1. The van der Waals surface area contributed by atoms with Crippen LogP contribution in [0.5, 0.6) is 0 Å². The van der Waals surface area contributed by atoms with E-state index in [1.165, 1.54) is 11.3 Å². The Balaban J connectivity index is 1.61. The SMILES string of the molecule is CNC(=O)c1ccc(NC(=O)Cc2csc(-c3cccnc3)n2)cc1. The van der Waals surface area contributed by atoms with Gasteiger partial charge in [0.1, 0.15) is 5.01 Å². The third kappa shape index (κ3) is 4.27. The van der Waals surface area contributed by atoms with Gasteiger partial charge in [-0.05, 0) is 36.4 Å². The van der Waals surface area contributed by atoms with Gasteiger partial charge in [0.05, 0.1) is 12.1 Å². The molecule has 0 fully saturated rings. The molecule has 0 atom stereocenters. The molecule has 2 N–H and O–H groups in total. The molecule has 0 unspecified atom stereocenters. The van der Waals surface area contributed by atoms with Crippen molar-refractivity contribution in [3.63, 3.8) is 0 Å². The van der Waals surface area contributed by atoms with Gasteiger partial charge < -0.3 is 10.6 Å². The molecule has 25 heavy (non-hydrogen) atoms. The van der Waals surface area contributed by atoms with Gasteiger partial charge >= 0.3 is 0 Å². The van der Waals surface area contributed by atoms with Crippen molar-refractivity contribution in [2.24, 2.45) is 0 Å². The summed E-state index contributed by atoms with van der Waals surface area (Å²) in [5.41, 5.74) is 2.83. The quantitative estimate of drug-likeness (QED) is 0.739. The molecule has 0 spiro atoms. The summed E-state index contributed by atoms with van der Waals surface area (Å²) in [6.45, 7) is 0. The van der Waals surface area contributed by atoms with Gasteiger partial charge in [0.2, 0.25) is 5.91 Å². The zero-order valence-corrected chi connectivity index (χ0v) is 14.3. The second-order valence-corrected chi connectivity index (χ2v) is 6.13. The smallest absolute Gasteiger partial charge is 0.251 e. The van der Waals surface area contributed by atoms with E-state index < -0.39 is 0 Å². The summed E-state index contributed by atoms with van der Waals surface area (Å²) in [5.74, 6) is -0.320. The number of amides is 2. The number of nitrogens with one attached hydrogen (secondary N) is 2. The highest BCUT2D eigenvalue weighted by Crippen LogP contribution is 2.23. The summed E-state index contributed by atoms with van der Waals surface area (Å²) in [7, 11) is 1.58. The van der Waals surface area contributed by atoms with Crippen molar-refractivity contribution >= 4 is 28.8 Å². The maximum atomic E-state index is 12.2. The largest absolute Gasteiger partial charge is 0.355 e. The van der Waals surface area contributed by atoms with Gasteiger partial charge in [0.15, 0.2) is 0 Å². The van der Waals surface area contributed by atoms with Crippen LogP contribution in [0.1, 0.15) is 16.1 Å². The van der Waals surface area contributed by atoms with E-state index >= 15 is 0 Å². The van der Waals surface area contributed by atoms with Crippen LogP contribution in [0, 0.1) is 0 Å². The molecule has 3 aromatic rings. The van der Waals surface area contributed by atoms with Crippen LogP contribution in [-0.2, 0) is 11.2 Å². The lowest BCUT2D eigenvalue weighted by Gasteiger charge is -2.05. The van der Waals surface area contributed by atoms with Crippen molar-refractivity contribution in [1.82, 2.24) is 15.3 Å². The maximum Gasteiger partial charge on any atom is 0.251 e. The van der Waals surface area contributed by atoms with Crippen molar-refractivity contribution in [2.75, 3.05) is 12.4 Å². The average molecular weight is 352 g/mol. The third-order valence-corrected chi connectivity index (χ3v) is 4.40. The highest BCUT2D eigenvalue weighted by molar-refractivity contribution is 7.13. The van der Waals surface area contributed by atoms with E-state index in [1.807, 2.05) is 17.5 Å². The van der Waals surface area contributed by atoms with Crippen molar-refractivity contribution in [1.29, 1.82) is 0 Å². The van der Waals surface area contributed by atoms with Crippen LogP contribution in [0.4, 0.5) is 5.69 Å². The minimum atomic E-state index is -0.164. The van der Waals surface area contributed by atoms with Crippen LogP contribution in [0.15, 0.2) is 54.2 Å². The standard InChI is InChI=1S/C18H16N4O2S/c1-19-17(24)12-4-6-14(7-5-12)21-16(23)9-15-11-25-18(22-15)13-3-2-8-20-10-13/h2-8,10-11H,9H2,1H3,(H,19,24)(H,21,23). The zero-order valence-electron chi connectivity index (χ0n) is 13.5. The molecular formula is C18H16N4O2S. The molecular weight excluding hydrogens is 336 g/mol. The normalized spacial score (nSPS) is 10.3. The summed E-state index contributed by atoms with van der Waals surface area (Å²) in [4.78, 5) is 32.2. The fourth-order valence-corrected chi connectivity index (χ4v) is 3.04. The molecule has 126 valence electrons. The van der Waals surface area contributed by atoms with E-state index in [4.69, 9.17) is 0 Å². The summed E-state index contributed by atoms with van der Waals surface area (Å²) in [6.07, 6.45) is 3.64. The Labute approximate surface area is 149 Å². The fraction of sp³-hybridized carbons (Fsp3) is 0.111. The highest BCUT2D eigenvalue weighted by Gasteiger charge is 2.10. The first-order valence-corrected chi connectivity index (χ1v) is 8.50. The van der Waals surface area contributed by atoms with Gasteiger partial charge in [-0.1, -0.05) is 0 Å². The predicted molar refractivity (Wildman–Crippen MR) is 97.5 cm³/mol. The first kappa shape index (κ1) is 16.8. The molecule has 7 heteroatoms.